The lowest BCUT2D eigenvalue weighted by Gasteiger charge is -2.17. The van der Waals surface area contributed by atoms with E-state index < -0.39 is 0 Å². The van der Waals surface area contributed by atoms with Crippen LogP contribution in [-0.4, -0.2) is 15.5 Å². The molecule has 0 radical (unpaired) electrons. The Kier molecular flexibility index (Phi) is 5.35. The maximum Gasteiger partial charge on any atom is 0.255 e. The van der Waals surface area contributed by atoms with Crippen LogP contribution in [0.5, 0.6) is 0 Å². The van der Waals surface area contributed by atoms with Gasteiger partial charge in [-0.1, -0.05) is 24.3 Å². The van der Waals surface area contributed by atoms with Gasteiger partial charge in [0.05, 0.1) is 6.04 Å². The number of fused-ring (bicyclic) bond motifs is 1. The van der Waals surface area contributed by atoms with Crippen LogP contribution in [0.25, 0.3) is 0 Å². The van der Waals surface area contributed by atoms with Crippen LogP contribution >= 0.6 is 0 Å². The molecule has 0 aliphatic heterocycles. The molecule has 1 amide bonds. The van der Waals surface area contributed by atoms with Crippen molar-refractivity contribution in [1.82, 2.24) is 14.9 Å². The van der Waals surface area contributed by atoms with E-state index in [4.69, 9.17) is 0 Å². The van der Waals surface area contributed by atoms with Crippen molar-refractivity contribution in [3.63, 3.8) is 0 Å². The molecule has 2 N–H and O–H groups in total. The van der Waals surface area contributed by atoms with Gasteiger partial charge in [-0.15, -0.1) is 0 Å². The molecule has 1 aromatic heterocycles. The van der Waals surface area contributed by atoms with E-state index in [0.29, 0.717) is 16.9 Å². The largest absolute Gasteiger partial charge is 0.348 e. The van der Waals surface area contributed by atoms with Gasteiger partial charge in [-0.05, 0) is 61.6 Å². The van der Waals surface area contributed by atoms with Gasteiger partial charge >= 0.3 is 0 Å². The van der Waals surface area contributed by atoms with E-state index in [9.17, 15) is 14.0 Å². The first-order valence-electron chi connectivity index (χ1n) is 9.89. The summed E-state index contributed by atoms with van der Waals surface area (Å²) in [5.74, 6) is -0.331. The molecule has 154 valence electrons. The lowest BCUT2D eigenvalue weighted by atomic mass is 10.1. The van der Waals surface area contributed by atoms with Gasteiger partial charge in [0.15, 0.2) is 0 Å². The number of benzene rings is 2. The molecule has 0 bridgehead atoms. The summed E-state index contributed by atoms with van der Waals surface area (Å²) in [5, 5.41) is 6.07. The Balaban J connectivity index is 1.55. The Morgan fingerprint density at radius 1 is 1.20 bits per heavy atom. The number of hydrogen-bond acceptors (Lipinski definition) is 4. The van der Waals surface area contributed by atoms with Crippen molar-refractivity contribution in [3.8, 4) is 0 Å². The quantitative estimate of drug-likeness (QED) is 0.680. The first-order valence-corrected chi connectivity index (χ1v) is 9.89. The minimum absolute atomic E-state index is 0.0565. The van der Waals surface area contributed by atoms with Crippen LogP contribution in [0.2, 0.25) is 0 Å². The lowest BCUT2D eigenvalue weighted by Crippen LogP contribution is -2.35. The maximum atomic E-state index is 13.6. The Morgan fingerprint density at radius 3 is 2.80 bits per heavy atom. The van der Waals surface area contributed by atoms with Crippen molar-refractivity contribution in [2.45, 2.75) is 39.3 Å². The third-order valence-electron chi connectivity index (χ3n) is 5.32. The maximum absolute atomic E-state index is 13.6. The summed E-state index contributed by atoms with van der Waals surface area (Å²) in [6.45, 7) is 3.21. The van der Waals surface area contributed by atoms with Gasteiger partial charge in [0.2, 0.25) is 11.9 Å². The van der Waals surface area contributed by atoms with Crippen LogP contribution in [-0.2, 0) is 17.8 Å². The highest BCUT2D eigenvalue weighted by atomic mass is 19.1. The molecular weight excluding hydrogens is 383 g/mol. The van der Waals surface area contributed by atoms with E-state index in [-0.39, 0.29) is 35.8 Å². The fraction of sp³-hybridized carbons (Fsp3) is 0.261. The van der Waals surface area contributed by atoms with Gasteiger partial charge < -0.3 is 10.6 Å². The fourth-order valence-electron chi connectivity index (χ4n) is 3.81. The predicted molar refractivity (Wildman–Crippen MR) is 113 cm³/mol. The highest BCUT2D eigenvalue weighted by Gasteiger charge is 2.24. The van der Waals surface area contributed by atoms with E-state index >= 15 is 0 Å². The average Bonchev–Trinajstić information content (AvgIpc) is 3.10. The third kappa shape index (κ3) is 4.10. The smallest absolute Gasteiger partial charge is 0.255 e. The van der Waals surface area contributed by atoms with E-state index in [2.05, 4.69) is 21.7 Å². The topological polar surface area (TPSA) is 76.0 Å². The minimum atomic E-state index is -0.328. The molecule has 0 unspecified atom stereocenters. The lowest BCUT2D eigenvalue weighted by molar-refractivity contribution is -0.122. The fourth-order valence-corrected chi connectivity index (χ4v) is 3.81. The normalized spacial score (nSPS) is 15.0. The molecule has 4 rings (SSSR count). The van der Waals surface area contributed by atoms with Crippen molar-refractivity contribution in [2.75, 3.05) is 5.32 Å². The molecule has 1 atom stereocenters. The number of aromatic nitrogens is 2. The van der Waals surface area contributed by atoms with E-state index in [0.717, 1.165) is 18.4 Å². The van der Waals surface area contributed by atoms with Gasteiger partial charge in [0.25, 0.3) is 5.56 Å². The van der Waals surface area contributed by atoms with Crippen molar-refractivity contribution in [2.24, 2.45) is 0 Å². The number of aryl methyl sites for hydroxylation is 3. The average molecular weight is 406 g/mol. The predicted octanol–water partition coefficient (Wildman–Crippen LogP) is 3.55. The Labute approximate surface area is 173 Å². The minimum Gasteiger partial charge on any atom is -0.348 e. The highest BCUT2D eigenvalue weighted by molar-refractivity contribution is 5.77. The standard InChI is InChI=1S/C23H23FN4O2/c1-14-11-17(8-9-19(14)24)26-23-25-15(2)12-22(30)28(23)13-21(29)27-20-10-7-16-5-3-4-6-18(16)20/h3-6,8-9,11-12,20H,7,10,13H2,1-2H3,(H,25,26)(H,27,29)/t20-/m0/s1. The second-order valence-corrected chi connectivity index (χ2v) is 7.59. The van der Waals surface area contributed by atoms with Crippen LogP contribution < -0.4 is 16.2 Å². The zero-order valence-electron chi connectivity index (χ0n) is 16.9. The zero-order chi connectivity index (χ0) is 21.3. The summed E-state index contributed by atoms with van der Waals surface area (Å²) in [4.78, 5) is 29.7. The highest BCUT2D eigenvalue weighted by Crippen LogP contribution is 2.30. The van der Waals surface area contributed by atoms with Crippen molar-refractivity contribution in [1.29, 1.82) is 0 Å². The van der Waals surface area contributed by atoms with Gasteiger partial charge in [-0.2, -0.15) is 0 Å². The SMILES string of the molecule is Cc1cc(=O)n(CC(=O)N[C@H]2CCc3ccccc32)c(Nc2ccc(F)c(C)c2)n1. The van der Waals surface area contributed by atoms with E-state index in [1.807, 2.05) is 18.2 Å². The number of halogens is 1. The first-order chi connectivity index (χ1) is 14.4. The van der Waals surface area contributed by atoms with Crippen molar-refractivity contribution < 1.29 is 9.18 Å². The van der Waals surface area contributed by atoms with Crippen molar-refractivity contribution in [3.05, 3.63) is 87.1 Å². The number of hydrogen-bond donors (Lipinski definition) is 2. The summed E-state index contributed by atoms with van der Waals surface area (Å²) in [5.41, 5.74) is 3.63. The van der Waals surface area contributed by atoms with Crippen LogP contribution in [0.1, 0.15) is 34.8 Å². The molecule has 0 saturated heterocycles. The van der Waals surface area contributed by atoms with Crippen LogP contribution in [0, 0.1) is 19.7 Å². The second kappa shape index (κ2) is 8.10. The summed E-state index contributed by atoms with van der Waals surface area (Å²) < 4.78 is 14.9. The number of carbonyl (C=O) groups is 1. The summed E-state index contributed by atoms with van der Waals surface area (Å²) in [6, 6.07) is 13.9. The molecule has 1 heterocycles. The molecule has 0 spiro atoms. The number of nitrogens with zero attached hydrogens (tertiary/aromatic N) is 2. The number of amides is 1. The molecule has 6 nitrogen and oxygen atoms in total. The molecule has 1 aliphatic rings. The van der Waals surface area contributed by atoms with Gasteiger partial charge in [0.1, 0.15) is 12.4 Å². The van der Waals surface area contributed by atoms with Gasteiger partial charge in [0, 0.05) is 17.4 Å². The summed E-state index contributed by atoms with van der Waals surface area (Å²) >= 11 is 0. The summed E-state index contributed by atoms with van der Waals surface area (Å²) in [6.07, 6.45) is 1.76. The number of rotatable bonds is 5. The number of anilines is 2. The van der Waals surface area contributed by atoms with Crippen LogP contribution in [0.4, 0.5) is 16.0 Å². The molecule has 0 saturated carbocycles. The molecule has 1 aliphatic carbocycles. The Hall–Kier alpha value is -3.48. The molecule has 0 fully saturated rings. The van der Waals surface area contributed by atoms with Crippen LogP contribution in [0.15, 0.2) is 53.3 Å². The monoisotopic (exact) mass is 406 g/mol. The Bertz CT molecular complexity index is 1170. The molecule has 3 aromatic rings. The third-order valence-corrected chi connectivity index (χ3v) is 5.32. The Morgan fingerprint density at radius 2 is 2.00 bits per heavy atom. The van der Waals surface area contributed by atoms with Crippen LogP contribution in [0.3, 0.4) is 0 Å². The van der Waals surface area contributed by atoms with Crippen molar-refractivity contribution >= 4 is 17.5 Å². The second-order valence-electron chi connectivity index (χ2n) is 7.59. The number of carbonyl (C=O) groups excluding carboxylic acids is 1. The number of nitrogens with one attached hydrogen (secondary N) is 2. The molecule has 7 heteroatoms. The van der Waals surface area contributed by atoms with E-state index in [1.54, 1.807) is 26.0 Å². The molecular formula is C23H23FN4O2. The molecule has 30 heavy (non-hydrogen) atoms. The summed E-state index contributed by atoms with van der Waals surface area (Å²) in [7, 11) is 0. The van der Waals surface area contributed by atoms with E-state index in [1.165, 1.54) is 22.3 Å². The van der Waals surface area contributed by atoms with Gasteiger partial charge in [-0.25, -0.2) is 9.37 Å². The first kappa shape index (κ1) is 19.8. The molecule has 2 aromatic carbocycles. The zero-order valence-corrected chi connectivity index (χ0v) is 16.9. The van der Waals surface area contributed by atoms with Gasteiger partial charge in [-0.3, -0.25) is 14.2 Å².